The van der Waals surface area contributed by atoms with Gasteiger partial charge in [0.25, 0.3) is 5.56 Å². The van der Waals surface area contributed by atoms with Gasteiger partial charge >= 0.3 is 0 Å². The fourth-order valence-corrected chi connectivity index (χ4v) is 2.38. The van der Waals surface area contributed by atoms with Gasteiger partial charge in [0.2, 0.25) is 5.91 Å². The highest BCUT2D eigenvalue weighted by molar-refractivity contribution is 5.91. The molecule has 0 atom stereocenters. The van der Waals surface area contributed by atoms with Crippen LogP contribution in [0.3, 0.4) is 0 Å². The van der Waals surface area contributed by atoms with E-state index in [0.29, 0.717) is 28.1 Å². The molecular weight excluding hydrogens is 324 g/mol. The maximum atomic E-state index is 12.3. The van der Waals surface area contributed by atoms with Gasteiger partial charge < -0.3 is 14.8 Å². The lowest BCUT2D eigenvalue weighted by atomic mass is 10.2. The number of nitrogens with zero attached hydrogens (tertiary/aromatic N) is 3. The van der Waals surface area contributed by atoms with Crippen molar-refractivity contribution in [3.05, 3.63) is 52.8 Å². The molecule has 1 N–H and O–H groups in total. The van der Waals surface area contributed by atoms with Crippen molar-refractivity contribution in [1.29, 1.82) is 0 Å². The molecule has 0 radical (unpaired) electrons. The molecule has 0 fully saturated rings. The number of carbonyl (C=O) groups excluding carboxylic acids is 1. The van der Waals surface area contributed by atoms with Gasteiger partial charge in [0.1, 0.15) is 12.1 Å². The van der Waals surface area contributed by atoms with Gasteiger partial charge in [-0.05, 0) is 24.3 Å². The summed E-state index contributed by atoms with van der Waals surface area (Å²) in [5.74, 6) is 0.638. The molecule has 128 valence electrons. The quantitative estimate of drug-likeness (QED) is 0.755. The number of nitrogens with one attached hydrogen (secondary N) is 1. The van der Waals surface area contributed by atoms with Crippen LogP contribution in [-0.4, -0.2) is 35.1 Å². The number of methoxy groups -OCH3 is 2. The maximum absolute atomic E-state index is 12.3. The third kappa shape index (κ3) is 3.42. The Balaban J connectivity index is 1.79. The van der Waals surface area contributed by atoms with E-state index in [9.17, 15) is 9.59 Å². The van der Waals surface area contributed by atoms with Gasteiger partial charge in [-0.2, -0.15) is 0 Å². The highest BCUT2D eigenvalue weighted by Crippen LogP contribution is 2.29. The maximum Gasteiger partial charge on any atom is 0.278 e. The van der Waals surface area contributed by atoms with E-state index >= 15 is 0 Å². The van der Waals surface area contributed by atoms with Crippen molar-refractivity contribution in [3.63, 3.8) is 0 Å². The van der Waals surface area contributed by atoms with Crippen LogP contribution in [0.15, 0.2) is 47.3 Å². The molecular formula is C17H16N4O4. The van der Waals surface area contributed by atoms with Crippen LogP contribution >= 0.6 is 0 Å². The molecule has 0 unspecified atom stereocenters. The second-order valence-corrected chi connectivity index (χ2v) is 5.19. The average molecular weight is 340 g/mol. The molecule has 0 aliphatic rings. The Kier molecular flexibility index (Phi) is 4.60. The van der Waals surface area contributed by atoms with E-state index in [1.807, 2.05) is 0 Å². The van der Waals surface area contributed by atoms with Gasteiger partial charge in [-0.1, -0.05) is 17.3 Å². The van der Waals surface area contributed by atoms with Crippen molar-refractivity contribution in [2.24, 2.45) is 0 Å². The third-order valence-electron chi connectivity index (χ3n) is 3.59. The first-order valence-corrected chi connectivity index (χ1v) is 7.47. The van der Waals surface area contributed by atoms with Gasteiger partial charge in [-0.3, -0.25) is 9.59 Å². The molecule has 0 saturated carbocycles. The van der Waals surface area contributed by atoms with Crippen LogP contribution in [0.2, 0.25) is 0 Å². The zero-order valence-electron chi connectivity index (χ0n) is 13.7. The van der Waals surface area contributed by atoms with E-state index in [4.69, 9.17) is 9.47 Å². The summed E-state index contributed by atoms with van der Waals surface area (Å²) in [6, 6.07) is 11.8. The highest BCUT2D eigenvalue weighted by Gasteiger charge is 2.11. The van der Waals surface area contributed by atoms with E-state index in [1.165, 1.54) is 14.2 Å². The van der Waals surface area contributed by atoms with Gasteiger partial charge in [0, 0.05) is 11.8 Å². The average Bonchev–Trinajstić information content (AvgIpc) is 2.64. The Morgan fingerprint density at radius 2 is 1.88 bits per heavy atom. The number of fused-ring (bicyclic) bond motifs is 1. The summed E-state index contributed by atoms with van der Waals surface area (Å²) in [6.07, 6.45) is 0. The first-order chi connectivity index (χ1) is 12.1. The number of aromatic nitrogens is 3. The summed E-state index contributed by atoms with van der Waals surface area (Å²) in [5.41, 5.74) is 0.640. The minimum absolute atomic E-state index is 0.245. The van der Waals surface area contributed by atoms with Crippen molar-refractivity contribution in [3.8, 4) is 11.5 Å². The summed E-state index contributed by atoms with van der Waals surface area (Å²) in [7, 11) is 3.04. The van der Waals surface area contributed by atoms with E-state index in [1.54, 1.807) is 42.5 Å². The lowest BCUT2D eigenvalue weighted by Gasteiger charge is -2.11. The molecule has 1 amide bonds. The normalized spacial score (nSPS) is 10.5. The second kappa shape index (κ2) is 7.00. The SMILES string of the molecule is COc1ccc(NC(=O)Cn2nnc3ccccc3c2=O)cc1OC. The Hall–Kier alpha value is -3.42. The number of ether oxygens (including phenoxy) is 2. The van der Waals surface area contributed by atoms with E-state index in [-0.39, 0.29) is 12.1 Å². The summed E-state index contributed by atoms with van der Waals surface area (Å²) >= 11 is 0. The van der Waals surface area contributed by atoms with Crippen molar-refractivity contribution < 1.29 is 14.3 Å². The first-order valence-electron chi connectivity index (χ1n) is 7.47. The largest absolute Gasteiger partial charge is 0.493 e. The molecule has 2 aromatic carbocycles. The summed E-state index contributed by atoms with van der Waals surface area (Å²) in [5, 5.41) is 10.8. The molecule has 1 aromatic heterocycles. The smallest absolute Gasteiger partial charge is 0.278 e. The molecule has 0 saturated heterocycles. The van der Waals surface area contributed by atoms with Crippen molar-refractivity contribution in [1.82, 2.24) is 15.0 Å². The van der Waals surface area contributed by atoms with Gasteiger partial charge in [0.15, 0.2) is 11.5 Å². The lowest BCUT2D eigenvalue weighted by molar-refractivity contribution is -0.117. The number of anilines is 1. The number of hydrogen-bond donors (Lipinski definition) is 1. The van der Waals surface area contributed by atoms with Crippen LogP contribution in [0.1, 0.15) is 0 Å². The summed E-state index contributed by atoms with van der Waals surface area (Å²) < 4.78 is 11.4. The lowest BCUT2D eigenvalue weighted by Crippen LogP contribution is -2.30. The van der Waals surface area contributed by atoms with Crippen molar-refractivity contribution in [2.75, 3.05) is 19.5 Å². The van der Waals surface area contributed by atoms with Gasteiger partial charge in [0.05, 0.1) is 19.6 Å². The summed E-state index contributed by atoms with van der Waals surface area (Å²) in [6.45, 7) is -0.245. The Bertz CT molecular complexity index is 984. The molecule has 1 heterocycles. The van der Waals surface area contributed by atoms with Crippen LogP contribution in [-0.2, 0) is 11.3 Å². The number of rotatable bonds is 5. The number of carbonyl (C=O) groups is 1. The van der Waals surface area contributed by atoms with Crippen LogP contribution in [0.25, 0.3) is 10.9 Å². The zero-order chi connectivity index (χ0) is 17.8. The highest BCUT2D eigenvalue weighted by atomic mass is 16.5. The van der Waals surface area contributed by atoms with Crippen LogP contribution < -0.4 is 20.3 Å². The zero-order valence-corrected chi connectivity index (χ0v) is 13.7. The van der Waals surface area contributed by atoms with Crippen molar-refractivity contribution in [2.45, 2.75) is 6.54 Å². The Morgan fingerprint density at radius 3 is 2.64 bits per heavy atom. The molecule has 25 heavy (non-hydrogen) atoms. The Labute approximate surface area is 143 Å². The van der Waals surface area contributed by atoms with Crippen molar-refractivity contribution >= 4 is 22.5 Å². The Morgan fingerprint density at radius 1 is 1.12 bits per heavy atom. The molecule has 3 aromatic rings. The van der Waals surface area contributed by atoms with Gasteiger partial charge in [-0.25, -0.2) is 4.68 Å². The molecule has 0 spiro atoms. The van der Waals surface area contributed by atoms with Crippen LogP contribution in [0.5, 0.6) is 11.5 Å². The minimum atomic E-state index is -0.404. The fourth-order valence-electron chi connectivity index (χ4n) is 2.38. The molecule has 8 nitrogen and oxygen atoms in total. The van der Waals surface area contributed by atoms with Crippen LogP contribution in [0.4, 0.5) is 5.69 Å². The third-order valence-corrected chi connectivity index (χ3v) is 3.59. The number of amides is 1. The predicted octanol–water partition coefficient (Wildman–Crippen LogP) is 1.45. The first kappa shape index (κ1) is 16.4. The monoisotopic (exact) mass is 340 g/mol. The topological polar surface area (TPSA) is 95.3 Å². The van der Waals surface area contributed by atoms with Crippen LogP contribution in [0, 0.1) is 0 Å². The van der Waals surface area contributed by atoms with E-state index in [2.05, 4.69) is 15.6 Å². The second-order valence-electron chi connectivity index (χ2n) is 5.19. The molecule has 0 aliphatic heterocycles. The van der Waals surface area contributed by atoms with E-state index < -0.39 is 5.91 Å². The standard InChI is InChI=1S/C17H16N4O4/c1-24-14-8-7-11(9-15(14)25-2)18-16(22)10-21-17(23)12-5-3-4-6-13(12)19-20-21/h3-9H,10H2,1-2H3,(H,18,22). The molecule has 0 aliphatic carbocycles. The predicted molar refractivity (Wildman–Crippen MR) is 92.0 cm³/mol. The van der Waals surface area contributed by atoms with E-state index in [0.717, 1.165) is 4.68 Å². The minimum Gasteiger partial charge on any atom is -0.493 e. The molecule has 3 rings (SSSR count). The molecule has 0 bridgehead atoms. The number of hydrogen-bond acceptors (Lipinski definition) is 6. The molecule has 8 heteroatoms. The fraction of sp³-hybridized carbons (Fsp3) is 0.176. The van der Waals surface area contributed by atoms with Gasteiger partial charge in [-0.15, -0.1) is 5.10 Å². The summed E-state index contributed by atoms with van der Waals surface area (Å²) in [4.78, 5) is 24.6. The number of benzene rings is 2.